The van der Waals surface area contributed by atoms with Crippen molar-refractivity contribution < 1.29 is 9.53 Å². The topological polar surface area (TPSA) is 67.3 Å². The van der Waals surface area contributed by atoms with Crippen LogP contribution in [0.5, 0.6) is 0 Å². The van der Waals surface area contributed by atoms with Crippen LogP contribution < -0.4 is 10.2 Å². The largest absolute Gasteiger partial charge is 0.465 e. The van der Waals surface area contributed by atoms with Crippen LogP contribution in [0.3, 0.4) is 0 Å². The summed E-state index contributed by atoms with van der Waals surface area (Å²) in [5.41, 5.74) is 0.938. The van der Waals surface area contributed by atoms with Crippen molar-refractivity contribution in [2.75, 3.05) is 38.2 Å². The number of aromatic nitrogens is 2. The molecule has 4 rings (SSSR count). The molecule has 2 saturated heterocycles. The molecular formula is C19H26N4O2S. The van der Waals surface area contributed by atoms with Crippen LogP contribution in [0.2, 0.25) is 0 Å². The first-order valence-electron chi connectivity index (χ1n) is 9.47. The zero-order chi connectivity index (χ0) is 18.1. The van der Waals surface area contributed by atoms with E-state index in [1.165, 1.54) is 57.2 Å². The summed E-state index contributed by atoms with van der Waals surface area (Å²) in [5, 5.41) is 4.48. The molecule has 2 fully saturated rings. The van der Waals surface area contributed by atoms with Crippen LogP contribution in [0.1, 0.15) is 40.9 Å². The van der Waals surface area contributed by atoms with E-state index in [9.17, 15) is 4.79 Å². The molecule has 2 aliphatic rings. The van der Waals surface area contributed by atoms with E-state index in [4.69, 9.17) is 4.74 Å². The molecule has 7 heteroatoms. The number of nitrogens with one attached hydrogen (secondary N) is 1. The molecule has 2 aromatic heterocycles. The minimum absolute atomic E-state index is 0.291. The van der Waals surface area contributed by atoms with Crippen molar-refractivity contribution in [1.82, 2.24) is 15.3 Å². The fourth-order valence-electron chi connectivity index (χ4n) is 4.48. The van der Waals surface area contributed by atoms with Crippen molar-refractivity contribution in [3.8, 4) is 0 Å². The average Bonchev–Trinajstić information content (AvgIpc) is 3.05. The maximum absolute atomic E-state index is 12.0. The van der Waals surface area contributed by atoms with Gasteiger partial charge in [0, 0.05) is 13.1 Å². The molecular weight excluding hydrogens is 348 g/mol. The highest BCUT2D eigenvalue weighted by atomic mass is 32.1. The Balaban J connectivity index is 1.56. The van der Waals surface area contributed by atoms with Gasteiger partial charge >= 0.3 is 5.97 Å². The lowest BCUT2D eigenvalue weighted by atomic mass is 9.79. The Morgan fingerprint density at radius 1 is 1.19 bits per heavy atom. The number of aryl methyl sites for hydroxylation is 1. The molecule has 0 aliphatic carbocycles. The van der Waals surface area contributed by atoms with E-state index in [-0.39, 0.29) is 5.97 Å². The van der Waals surface area contributed by atoms with Gasteiger partial charge in [0.05, 0.1) is 12.5 Å². The molecule has 140 valence electrons. The van der Waals surface area contributed by atoms with Crippen LogP contribution in [-0.4, -0.2) is 49.2 Å². The third-order valence-electron chi connectivity index (χ3n) is 5.97. The number of hydrogen-bond donors (Lipinski definition) is 1. The smallest absolute Gasteiger partial charge is 0.348 e. The lowest BCUT2D eigenvalue weighted by Crippen LogP contribution is -2.39. The number of methoxy groups -OCH3 is 1. The summed E-state index contributed by atoms with van der Waals surface area (Å²) in [6.45, 7) is 6.37. The third-order valence-corrected chi connectivity index (χ3v) is 7.15. The summed E-state index contributed by atoms with van der Waals surface area (Å²) in [5.74, 6) is 2.39. The van der Waals surface area contributed by atoms with Crippen LogP contribution in [-0.2, 0) is 4.74 Å². The second-order valence-electron chi connectivity index (χ2n) is 7.34. The summed E-state index contributed by atoms with van der Waals surface area (Å²) < 4.78 is 4.92. The van der Waals surface area contributed by atoms with Crippen molar-refractivity contribution >= 4 is 33.3 Å². The number of ether oxygens (including phenoxy) is 1. The number of piperidine rings is 2. The normalized spacial score (nSPS) is 19.8. The molecule has 0 unspecified atom stereocenters. The Hall–Kier alpha value is -1.73. The lowest BCUT2D eigenvalue weighted by molar-refractivity contribution is 0.0605. The minimum atomic E-state index is -0.291. The highest BCUT2D eigenvalue weighted by Crippen LogP contribution is 2.38. The Morgan fingerprint density at radius 2 is 1.88 bits per heavy atom. The number of nitrogens with zero attached hydrogens (tertiary/aromatic N) is 3. The number of esters is 1. The zero-order valence-electron chi connectivity index (χ0n) is 15.5. The second-order valence-corrected chi connectivity index (χ2v) is 8.34. The maximum Gasteiger partial charge on any atom is 0.348 e. The van der Waals surface area contributed by atoms with E-state index < -0.39 is 0 Å². The quantitative estimate of drug-likeness (QED) is 0.833. The predicted octanol–water partition coefficient (Wildman–Crippen LogP) is 3.00. The molecule has 2 aromatic rings. The van der Waals surface area contributed by atoms with Crippen molar-refractivity contribution in [3.63, 3.8) is 0 Å². The molecule has 0 radical (unpaired) electrons. The Labute approximate surface area is 158 Å². The second kappa shape index (κ2) is 7.48. The molecule has 1 N–H and O–H groups in total. The average molecular weight is 375 g/mol. The van der Waals surface area contributed by atoms with Gasteiger partial charge in [-0.15, -0.1) is 11.3 Å². The molecule has 0 bridgehead atoms. The summed E-state index contributed by atoms with van der Waals surface area (Å²) in [4.78, 5) is 24.9. The van der Waals surface area contributed by atoms with Gasteiger partial charge < -0.3 is 15.0 Å². The summed E-state index contributed by atoms with van der Waals surface area (Å²) in [6, 6.07) is 0. The van der Waals surface area contributed by atoms with Crippen molar-refractivity contribution in [3.05, 3.63) is 16.8 Å². The van der Waals surface area contributed by atoms with Gasteiger partial charge in [-0.2, -0.15) is 0 Å². The first-order chi connectivity index (χ1) is 12.7. The standard InChI is InChI=1S/C19H26N4O2S/c1-12-15-17(21-11-22-18(15)26-16(12)19(24)25-2)23-9-5-14(6-10-23)13-3-7-20-8-4-13/h11,13-14,20H,3-10H2,1-2H3. The first-order valence-corrected chi connectivity index (χ1v) is 10.3. The van der Waals surface area contributed by atoms with Gasteiger partial charge in [0.15, 0.2) is 0 Å². The first kappa shape index (κ1) is 17.7. The number of fused-ring (bicyclic) bond motifs is 1. The monoisotopic (exact) mass is 374 g/mol. The summed E-state index contributed by atoms with van der Waals surface area (Å²) in [7, 11) is 1.42. The Kier molecular flexibility index (Phi) is 5.09. The molecule has 2 aliphatic heterocycles. The van der Waals surface area contributed by atoms with E-state index in [1.807, 2.05) is 6.92 Å². The number of hydrogen-bond acceptors (Lipinski definition) is 7. The Morgan fingerprint density at radius 3 is 2.58 bits per heavy atom. The molecule has 0 saturated carbocycles. The van der Waals surface area contributed by atoms with Crippen molar-refractivity contribution in [2.45, 2.75) is 32.6 Å². The molecule has 6 nitrogen and oxygen atoms in total. The summed E-state index contributed by atoms with van der Waals surface area (Å²) in [6.07, 6.45) is 6.70. The van der Waals surface area contributed by atoms with E-state index in [0.717, 1.165) is 46.5 Å². The number of carbonyl (C=O) groups excluding carboxylic acids is 1. The van der Waals surface area contributed by atoms with Gasteiger partial charge in [0.1, 0.15) is 21.9 Å². The molecule has 0 amide bonds. The van der Waals surface area contributed by atoms with Crippen LogP contribution in [0.25, 0.3) is 10.2 Å². The number of anilines is 1. The fourth-order valence-corrected chi connectivity index (χ4v) is 5.54. The van der Waals surface area contributed by atoms with Gasteiger partial charge in [0.25, 0.3) is 0 Å². The van der Waals surface area contributed by atoms with Gasteiger partial charge in [0.2, 0.25) is 0 Å². The molecule has 0 atom stereocenters. The fraction of sp³-hybridized carbons (Fsp3) is 0.632. The minimum Gasteiger partial charge on any atom is -0.465 e. The third kappa shape index (κ3) is 3.18. The van der Waals surface area contributed by atoms with E-state index in [1.54, 1.807) is 6.33 Å². The molecule has 0 aromatic carbocycles. The van der Waals surface area contributed by atoms with E-state index in [0.29, 0.717) is 4.88 Å². The highest BCUT2D eigenvalue weighted by Gasteiger charge is 2.29. The SMILES string of the molecule is COC(=O)c1sc2ncnc(N3CCC(C4CCNCC4)CC3)c2c1C. The predicted molar refractivity (Wildman–Crippen MR) is 104 cm³/mol. The molecule has 0 spiro atoms. The van der Waals surface area contributed by atoms with Gasteiger partial charge in [-0.3, -0.25) is 0 Å². The number of rotatable bonds is 3. The van der Waals surface area contributed by atoms with Gasteiger partial charge in [-0.25, -0.2) is 14.8 Å². The van der Waals surface area contributed by atoms with Crippen LogP contribution in [0.4, 0.5) is 5.82 Å². The summed E-state index contributed by atoms with van der Waals surface area (Å²) >= 11 is 1.40. The zero-order valence-corrected chi connectivity index (χ0v) is 16.3. The van der Waals surface area contributed by atoms with E-state index in [2.05, 4.69) is 20.2 Å². The Bertz CT molecular complexity index is 792. The van der Waals surface area contributed by atoms with Gasteiger partial charge in [-0.1, -0.05) is 0 Å². The number of carbonyl (C=O) groups is 1. The maximum atomic E-state index is 12.0. The highest BCUT2D eigenvalue weighted by molar-refractivity contribution is 7.20. The van der Waals surface area contributed by atoms with Crippen molar-refractivity contribution in [2.24, 2.45) is 11.8 Å². The van der Waals surface area contributed by atoms with Crippen LogP contribution in [0, 0.1) is 18.8 Å². The molecule has 4 heterocycles. The number of thiophene rings is 1. The van der Waals surface area contributed by atoms with Crippen molar-refractivity contribution in [1.29, 1.82) is 0 Å². The lowest BCUT2D eigenvalue weighted by Gasteiger charge is -2.38. The van der Waals surface area contributed by atoms with E-state index >= 15 is 0 Å². The van der Waals surface area contributed by atoms with Gasteiger partial charge in [-0.05, 0) is 63.1 Å². The van der Waals surface area contributed by atoms with Crippen LogP contribution >= 0.6 is 11.3 Å². The van der Waals surface area contributed by atoms with Crippen LogP contribution in [0.15, 0.2) is 6.33 Å². The molecule has 26 heavy (non-hydrogen) atoms.